The van der Waals surface area contributed by atoms with Crippen LogP contribution in [0.1, 0.15) is 45.2 Å². The van der Waals surface area contributed by atoms with Gasteiger partial charge in [0.2, 0.25) is 0 Å². The van der Waals surface area contributed by atoms with Crippen molar-refractivity contribution in [3.63, 3.8) is 0 Å². The Hall–Kier alpha value is -2.21. The van der Waals surface area contributed by atoms with Gasteiger partial charge in [-0.2, -0.15) is 0 Å². The fourth-order valence-electron chi connectivity index (χ4n) is 2.56. The highest BCUT2D eigenvalue weighted by atomic mass is 35.5. The standard InChI is InChI=1S/C18H23ClN2O4/c1-4-8-24-14-7-6-12(19)10-13(14)16-15(17(22)25-9-5-2)11(3)20-18(23)21-16/h6-7,10,16H,4-5,8-9H2,1-3H3,(H2,20,21,23). The van der Waals surface area contributed by atoms with Gasteiger partial charge in [-0.1, -0.05) is 25.4 Å². The van der Waals surface area contributed by atoms with E-state index in [0.717, 1.165) is 6.42 Å². The largest absolute Gasteiger partial charge is 0.493 e. The summed E-state index contributed by atoms with van der Waals surface area (Å²) in [4.78, 5) is 24.5. The average molecular weight is 367 g/mol. The molecule has 1 aromatic rings. The summed E-state index contributed by atoms with van der Waals surface area (Å²) in [5.74, 6) is 0.102. The van der Waals surface area contributed by atoms with Crippen LogP contribution in [0.2, 0.25) is 5.02 Å². The molecule has 25 heavy (non-hydrogen) atoms. The third-order valence-electron chi connectivity index (χ3n) is 3.67. The number of hydrogen-bond acceptors (Lipinski definition) is 4. The summed E-state index contributed by atoms with van der Waals surface area (Å²) in [6.45, 7) is 6.42. The van der Waals surface area contributed by atoms with Crippen LogP contribution < -0.4 is 15.4 Å². The molecular formula is C18H23ClN2O4. The topological polar surface area (TPSA) is 76.7 Å². The molecule has 1 atom stereocenters. The van der Waals surface area contributed by atoms with Crippen molar-refractivity contribution in [2.45, 2.75) is 39.7 Å². The number of carbonyl (C=O) groups is 2. The minimum Gasteiger partial charge on any atom is -0.493 e. The normalized spacial score (nSPS) is 17.0. The maximum absolute atomic E-state index is 12.5. The highest BCUT2D eigenvalue weighted by Gasteiger charge is 2.34. The maximum atomic E-state index is 12.5. The van der Waals surface area contributed by atoms with E-state index in [0.29, 0.717) is 47.2 Å². The quantitative estimate of drug-likeness (QED) is 0.721. The molecule has 7 heteroatoms. The summed E-state index contributed by atoms with van der Waals surface area (Å²) in [5.41, 5.74) is 1.42. The average Bonchev–Trinajstić information content (AvgIpc) is 2.57. The first kappa shape index (κ1) is 19.1. The van der Waals surface area contributed by atoms with Crippen molar-refractivity contribution < 1.29 is 19.1 Å². The van der Waals surface area contributed by atoms with Crippen LogP contribution in [0.5, 0.6) is 5.75 Å². The Bertz CT molecular complexity index is 688. The molecule has 0 saturated heterocycles. The number of carbonyl (C=O) groups excluding carboxylic acids is 2. The summed E-state index contributed by atoms with van der Waals surface area (Å²) in [7, 11) is 0. The number of nitrogens with one attached hydrogen (secondary N) is 2. The second-order valence-electron chi connectivity index (χ2n) is 5.74. The Balaban J connectivity index is 2.46. The Morgan fingerprint density at radius 3 is 2.64 bits per heavy atom. The zero-order valence-electron chi connectivity index (χ0n) is 14.6. The Kier molecular flexibility index (Phi) is 6.70. The monoisotopic (exact) mass is 366 g/mol. The number of rotatable bonds is 7. The predicted octanol–water partition coefficient (Wildman–Crippen LogP) is 3.71. The summed E-state index contributed by atoms with van der Waals surface area (Å²) in [6.07, 6.45) is 1.55. The Morgan fingerprint density at radius 1 is 1.24 bits per heavy atom. The Labute approximate surface area is 152 Å². The van der Waals surface area contributed by atoms with E-state index in [1.165, 1.54) is 0 Å². The van der Waals surface area contributed by atoms with E-state index >= 15 is 0 Å². The number of amides is 2. The number of allylic oxidation sites excluding steroid dienone is 1. The summed E-state index contributed by atoms with van der Waals surface area (Å²) >= 11 is 6.14. The fraction of sp³-hybridized carbons (Fsp3) is 0.444. The second kappa shape index (κ2) is 8.76. The molecular weight excluding hydrogens is 344 g/mol. The van der Waals surface area contributed by atoms with E-state index in [1.807, 2.05) is 13.8 Å². The Morgan fingerprint density at radius 2 is 1.96 bits per heavy atom. The van der Waals surface area contributed by atoms with Crippen molar-refractivity contribution in [2.24, 2.45) is 0 Å². The molecule has 0 aromatic heterocycles. The van der Waals surface area contributed by atoms with Gasteiger partial charge >= 0.3 is 12.0 Å². The molecule has 1 aliphatic heterocycles. The lowest BCUT2D eigenvalue weighted by molar-refractivity contribution is -0.139. The van der Waals surface area contributed by atoms with Gasteiger partial charge in [-0.25, -0.2) is 9.59 Å². The van der Waals surface area contributed by atoms with Gasteiger partial charge in [-0.05, 0) is 38.0 Å². The predicted molar refractivity (Wildman–Crippen MR) is 95.6 cm³/mol. The maximum Gasteiger partial charge on any atom is 0.338 e. The van der Waals surface area contributed by atoms with E-state index in [2.05, 4.69) is 10.6 Å². The zero-order valence-corrected chi connectivity index (χ0v) is 15.4. The van der Waals surface area contributed by atoms with Crippen LogP contribution in [-0.4, -0.2) is 25.2 Å². The molecule has 6 nitrogen and oxygen atoms in total. The van der Waals surface area contributed by atoms with Crippen molar-refractivity contribution in [1.82, 2.24) is 10.6 Å². The van der Waals surface area contributed by atoms with Crippen LogP contribution in [-0.2, 0) is 9.53 Å². The minimum atomic E-state index is -0.691. The van der Waals surface area contributed by atoms with E-state index in [9.17, 15) is 9.59 Å². The molecule has 0 saturated carbocycles. The summed E-state index contributed by atoms with van der Waals surface area (Å²) in [6, 6.07) is 4.07. The van der Waals surface area contributed by atoms with Crippen LogP contribution in [0, 0.1) is 0 Å². The number of halogens is 1. The first-order chi connectivity index (χ1) is 12.0. The van der Waals surface area contributed by atoms with Crippen LogP contribution >= 0.6 is 11.6 Å². The third kappa shape index (κ3) is 4.66. The van der Waals surface area contributed by atoms with Gasteiger partial charge in [-0.15, -0.1) is 0 Å². The second-order valence-corrected chi connectivity index (χ2v) is 6.17. The van der Waals surface area contributed by atoms with Gasteiger partial charge in [0.05, 0.1) is 24.8 Å². The molecule has 1 unspecified atom stereocenters. The number of urea groups is 1. The number of esters is 1. The van der Waals surface area contributed by atoms with E-state index in [-0.39, 0.29) is 0 Å². The fourth-order valence-corrected chi connectivity index (χ4v) is 2.74. The van der Waals surface area contributed by atoms with Crippen molar-refractivity contribution in [3.8, 4) is 5.75 Å². The van der Waals surface area contributed by atoms with Crippen LogP contribution in [0.4, 0.5) is 4.79 Å². The van der Waals surface area contributed by atoms with Gasteiger partial charge < -0.3 is 20.1 Å². The molecule has 0 aliphatic carbocycles. The zero-order chi connectivity index (χ0) is 18.4. The van der Waals surface area contributed by atoms with Crippen molar-refractivity contribution in [2.75, 3.05) is 13.2 Å². The number of benzene rings is 1. The summed E-state index contributed by atoms with van der Waals surface area (Å²) < 4.78 is 11.0. The van der Waals surface area contributed by atoms with Gasteiger partial charge in [-0.3, -0.25) is 0 Å². The van der Waals surface area contributed by atoms with Crippen molar-refractivity contribution in [3.05, 3.63) is 40.1 Å². The van der Waals surface area contributed by atoms with Crippen molar-refractivity contribution in [1.29, 1.82) is 0 Å². The molecule has 0 bridgehead atoms. The first-order valence-electron chi connectivity index (χ1n) is 8.35. The molecule has 2 rings (SSSR count). The lowest BCUT2D eigenvalue weighted by Gasteiger charge is -2.29. The van der Waals surface area contributed by atoms with E-state index in [1.54, 1.807) is 25.1 Å². The molecule has 1 aromatic carbocycles. The molecule has 0 radical (unpaired) electrons. The lowest BCUT2D eigenvalue weighted by Crippen LogP contribution is -2.45. The highest BCUT2D eigenvalue weighted by molar-refractivity contribution is 6.30. The lowest BCUT2D eigenvalue weighted by atomic mass is 9.95. The molecule has 2 amide bonds. The molecule has 1 heterocycles. The van der Waals surface area contributed by atoms with E-state index < -0.39 is 18.0 Å². The van der Waals surface area contributed by atoms with Gasteiger partial charge in [0.25, 0.3) is 0 Å². The third-order valence-corrected chi connectivity index (χ3v) is 3.91. The molecule has 1 aliphatic rings. The van der Waals surface area contributed by atoms with Gasteiger partial charge in [0.1, 0.15) is 5.75 Å². The highest BCUT2D eigenvalue weighted by Crippen LogP contribution is 2.35. The SMILES string of the molecule is CCCOC(=O)C1=C(C)NC(=O)NC1c1cc(Cl)ccc1OCCC. The summed E-state index contributed by atoms with van der Waals surface area (Å²) in [5, 5.41) is 5.88. The van der Waals surface area contributed by atoms with Gasteiger partial charge in [0, 0.05) is 16.3 Å². The molecule has 136 valence electrons. The van der Waals surface area contributed by atoms with E-state index in [4.69, 9.17) is 21.1 Å². The molecule has 2 N–H and O–H groups in total. The molecule has 0 spiro atoms. The van der Waals surface area contributed by atoms with Crippen LogP contribution in [0.25, 0.3) is 0 Å². The first-order valence-corrected chi connectivity index (χ1v) is 8.73. The minimum absolute atomic E-state index is 0.311. The molecule has 0 fully saturated rings. The van der Waals surface area contributed by atoms with Gasteiger partial charge in [0.15, 0.2) is 0 Å². The van der Waals surface area contributed by atoms with Crippen molar-refractivity contribution >= 4 is 23.6 Å². The number of hydrogen-bond donors (Lipinski definition) is 2. The number of ether oxygens (including phenoxy) is 2. The van der Waals surface area contributed by atoms with Crippen LogP contribution in [0.3, 0.4) is 0 Å². The van der Waals surface area contributed by atoms with Crippen LogP contribution in [0.15, 0.2) is 29.5 Å². The smallest absolute Gasteiger partial charge is 0.338 e.